The Kier molecular flexibility index (Phi) is 6.58. The summed E-state index contributed by atoms with van der Waals surface area (Å²) in [4.78, 5) is 0. The van der Waals surface area contributed by atoms with E-state index in [0.717, 1.165) is 5.56 Å². The van der Waals surface area contributed by atoms with Crippen LogP contribution in [0.4, 0.5) is 0 Å². The van der Waals surface area contributed by atoms with Gasteiger partial charge >= 0.3 is 0 Å². The van der Waals surface area contributed by atoms with Gasteiger partial charge in [0, 0.05) is 11.1 Å². The number of benzene rings is 2. The maximum absolute atomic E-state index is 5.50. The lowest BCUT2D eigenvalue weighted by Gasteiger charge is -2.13. The number of nitrogens with zero attached hydrogens (tertiary/aromatic N) is 3. The number of H-pyrrole nitrogens is 1. The summed E-state index contributed by atoms with van der Waals surface area (Å²) in [5, 5.41) is 11.5. The number of nitrogens with one attached hydrogen (secondary N) is 1. The van der Waals surface area contributed by atoms with Crippen molar-refractivity contribution in [3.63, 3.8) is 0 Å². The summed E-state index contributed by atoms with van der Waals surface area (Å²) >= 11 is 5.35. The number of hydrogen-bond donors (Lipinski definition) is 1. The van der Waals surface area contributed by atoms with Gasteiger partial charge in [0.05, 0.1) is 41.8 Å². The highest BCUT2D eigenvalue weighted by atomic mass is 32.1. The minimum absolute atomic E-state index is 0.329. The summed E-state index contributed by atoms with van der Waals surface area (Å²) in [6, 6.07) is 9.01. The van der Waals surface area contributed by atoms with E-state index in [1.807, 2.05) is 12.1 Å². The third-order valence-corrected chi connectivity index (χ3v) is 4.60. The largest absolute Gasteiger partial charge is 0.493 e. The zero-order valence-corrected chi connectivity index (χ0v) is 18.1. The molecule has 0 atom stereocenters. The lowest BCUT2D eigenvalue weighted by Crippen LogP contribution is -2.00. The van der Waals surface area contributed by atoms with E-state index in [4.69, 9.17) is 35.9 Å². The Hall–Kier alpha value is -3.53. The van der Waals surface area contributed by atoms with Crippen LogP contribution in [0.2, 0.25) is 0 Å². The van der Waals surface area contributed by atoms with E-state index in [1.54, 1.807) is 60.0 Å². The second kappa shape index (κ2) is 9.31. The van der Waals surface area contributed by atoms with Crippen LogP contribution in [0.3, 0.4) is 0 Å². The van der Waals surface area contributed by atoms with Crippen LogP contribution in [-0.4, -0.2) is 56.6 Å². The molecule has 0 amide bonds. The molecule has 0 spiro atoms. The Morgan fingerprint density at radius 3 is 2.17 bits per heavy atom. The number of aromatic nitrogens is 3. The molecule has 10 heteroatoms. The van der Waals surface area contributed by atoms with E-state index >= 15 is 0 Å². The molecule has 30 heavy (non-hydrogen) atoms. The first kappa shape index (κ1) is 21.2. The summed E-state index contributed by atoms with van der Waals surface area (Å²) in [5.74, 6) is 3.21. The van der Waals surface area contributed by atoms with E-state index in [2.05, 4.69) is 15.3 Å². The molecule has 1 aromatic heterocycles. The van der Waals surface area contributed by atoms with Gasteiger partial charge in [0.15, 0.2) is 28.8 Å². The SMILES string of the molecule is COc1ccc(-c2n[nH]c(=S)n2/N=C/c2ccc(OC)c(OC)c2OC)cc1OC. The van der Waals surface area contributed by atoms with Crippen LogP contribution in [0.25, 0.3) is 11.4 Å². The van der Waals surface area contributed by atoms with Crippen molar-refractivity contribution >= 4 is 18.4 Å². The van der Waals surface area contributed by atoms with E-state index in [-0.39, 0.29) is 0 Å². The molecule has 0 aliphatic rings. The summed E-state index contributed by atoms with van der Waals surface area (Å²) in [6.45, 7) is 0. The standard InChI is InChI=1S/C20H22N4O5S/c1-25-14-8-6-12(10-16(14)27-3)19-22-23-20(30)24(19)21-11-13-7-9-15(26-2)18(29-5)17(13)28-4/h6-11H,1-5H3,(H,23,30)/b21-11+. The molecule has 9 nitrogen and oxygen atoms in total. The second-order valence-corrected chi connectivity index (χ2v) is 6.29. The highest BCUT2D eigenvalue weighted by Crippen LogP contribution is 2.39. The molecule has 0 bridgehead atoms. The van der Waals surface area contributed by atoms with Gasteiger partial charge in [-0.3, -0.25) is 0 Å². The monoisotopic (exact) mass is 430 g/mol. The fourth-order valence-corrected chi connectivity index (χ4v) is 3.09. The normalized spacial score (nSPS) is 10.8. The van der Waals surface area contributed by atoms with Gasteiger partial charge in [-0.05, 0) is 42.5 Å². The average molecular weight is 430 g/mol. The van der Waals surface area contributed by atoms with Crippen LogP contribution >= 0.6 is 12.2 Å². The van der Waals surface area contributed by atoms with Crippen LogP contribution in [0.5, 0.6) is 28.7 Å². The van der Waals surface area contributed by atoms with E-state index in [1.165, 1.54) is 4.68 Å². The fraction of sp³-hybridized carbons (Fsp3) is 0.250. The van der Waals surface area contributed by atoms with Gasteiger partial charge in [-0.1, -0.05) is 0 Å². The zero-order valence-electron chi connectivity index (χ0n) is 17.3. The third-order valence-electron chi connectivity index (χ3n) is 4.34. The number of aromatic amines is 1. The summed E-state index contributed by atoms with van der Waals surface area (Å²) < 4.78 is 28.7. The zero-order chi connectivity index (χ0) is 21.7. The topological polar surface area (TPSA) is 92.1 Å². The Labute approximate surface area is 178 Å². The van der Waals surface area contributed by atoms with Gasteiger partial charge < -0.3 is 23.7 Å². The highest BCUT2D eigenvalue weighted by Gasteiger charge is 2.16. The molecule has 3 aromatic rings. The van der Waals surface area contributed by atoms with Gasteiger partial charge in [0.1, 0.15) is 0 Å². The molecule has 0 aliphatic heterocycles. The third kappa shape index (κ3) is 3.94. The number of rotatable bonds is 8. The van der Waals surface area contributed by atoms with Gasteiger partial charge in [0.2, 0.25) is 10.5 Å². The maximum Gasteiger partial charge on any atom is 0.216 e. The highest BCUT2D eigenvalue weighted by molar-refractivity contribution is 7.71. The second-order valence-electron chi connectivity index (χ2n) is 5.90. The van der Waals surface area contributed by atoms with Crippen molar-refractivity contribution in [2.75, 3.05) is 35.5 Å². The number of methoxy groups -OCH3 is 5. The Bertz CT molecular complexity index is 1120. The first-order valence-electron chi connectivity index (χ1n) is 8.81. The van der Waals surface area contributed by atoms with E-state index in [9.17, 15) is 0 Å². The van der Waals surface area contributed by atoms with Crippen molar-refractivity contribution in [3.05, 3.63) is 40.7 Å². The van der Waals surface area contributed by atoms with Crippen molar-refractivity contribution in [2.24, 2.45) is 5.10 Å². The first-order chi connectivity index (χ1) is 14.6. The molecule has 0 fully saturated rings. The number of ether oxygens (including phenoxy) is 5. The van der Waals surface area contributed by atoms with Gasteiger partial charge in [-0.2, -0.15) is 14.9 Å². The van der Waals surface area contributed by atoms with Crippen molar-refractivity contribution in [1.82, 2.24) is 14.9 Å². The van der Waals surface area contributed by atoms with E-state index < -0.39 is 0 Å². The van der Waals surface area contributed by atoms with Crippen LogP contribution in [0, 0.1) is 4.77 Å². The lowest BCUT2D eigenvalue weighted by molar-refractivity contribution is 0.324. The Morgan fingerprint density at radius 2 is 1.53 bits per heavy atom. The molecule has 1 heterocycles. The summed E-state index contributed by atoms with van der Waals surface area (Å²) in [5.41, 5.74) is 1.42. The summed E-state index contributed by atoms with van der Waals surface area (Å²) in [6.07, 6.45) is 1.61. The molecule has 3 rings (SSSR count). The quantitative estimate of drug-likeness (QED) is 0.432. The minimum Gasteiger partial charge on any atom is -0.493 e. The molecular weight excluding hydrogens is 408 g/mol. The van der Waals surface area contributed by atoms with Gasteiger partial charge in [-0.15, -0.1) is 0 Å². The molecule has 0 aliphatic carbocycles. The molecule has 2 aromatic carbocycles. The summed E-state index contributed by atoms with van der Waals surface area (Å²) in [7, 11) is 7.80. The van der Waals surface area contributed by atoms with Gasteiger partial charge in [-0.25, -0.2) is 5.10 Å². The smallest absolute Gasteiger partial charge is 0.216 e. The molecule has 1 N–H and O–H groups in total. The van der Waals surface area contributed by atoms with Gasteiger partial charge in [0.25, 0.3) is 0 Å². The Balaban J connectivity index is 2.05. The van der Waals surface area contributed by atoms with Crippen LogP contribution < -0.4 is 23.7 Å². The molecular formula is C20H22N4O5S. The average Bonchev–Trinajstić information content (AvgIpc) is 3.16. The van der Waals surface area contributed by atoms with Crippen molar-refractivity contribution < 1.29 is 23.7 Å². The lowest BCUT2D eigenvalue weighted by atomic mass is 10.2. The Morgan fingerprint density at radius 1 is 0.867 bits per heavy atom. The van der Waals surface area contributed by atoms with Crippen molar-refractivity contribution in [2.45, 2.75) is 0 Å². The predicted octanol–water partition coefficient (Wildman–Crippen LogP) is 3.53. The van der Waals surface area contributed by atoms with E-state index in [0.29, 0.717) is 44.9 Å². The van der Waals surface area contributed by atoms with Crippen LogP contribution in [0.15, 0.2) is 35.4 Å². The van der Waals surface area contributed by atoms with Crippen molar-refractivity contribution in [1.29, 1.82) is 0 Å². The molecule has 158 valence electrons. The molecule has 0 saturated heterocycles. The van der Waals surface area contributed by atoms with Crippen LogP contribution in [-0.2, 0) is 0 Å². The van der Waals surface area contributed by atoms with Crippen LogP contribution in [0.1, 0.15) is 5.56 Å². The number of hydrogen-bond acceptors (Lipinski definition) is 8. The maximum atomic E-state index is 5.50. The van der Waals surface area contributed by atoms with Crippen molar-refractivity contribution in [3.8, 4) is 40.1 Å². The molecule has 0 radical (unpaired) electrons. The molecule has 0 unspecified atom stereocenters. The molecule has 0 saturated carbocycles. The first-order valence-corrected chi connectivity index (χ1v) is 9.21. The predicted molar refractivity (Wildman–Crippen MR) is 115 cm³/mol. The fourth-order valence-electron chi connectivity index (χ4n) is 2.91. The minimum atomic E-state index is 0.329.